The second kappa shape index (κ2) is 6.45. The van der Waals surface area contributed by atoms with E-state index in [1.807, 2.05) is 0 Å². The molecule has 2 heterocycles. The fourth-order valence-corrected chi connectivity index (χ4v) is 4.16. The summed E-state index contributed by atoms with van der Waals surface area (Å²) in [6, 6.07) is 17.9. The predicted octanol–water partition coefficient (Wildman–Crippen LogP) is 4.77. The van der Waals surface area contributed by atoms with Crippen molar-refractivity contribution in [3.8, 4) is 0 Å². The first-order chi connectivity index (χ1) is 11.7. The van der Waals surface area contributed by atoms with E-state index in [2.05, 4.69) is 72.3 Å². The maximum Gasteiger partial charge on any atom is 0.0488 e. The molecule has 1 N–H and O–H groups in total. The smallest absolute Gasteiger partial charge is 0.0488 e. The molecule has 1 saturated heterocycles. The molecule has 2 heteroatoms. The van der Waals surface area contributed by atoms with Crippen LogP contribution in [0.25, 0.3) is 10.9 Å². The maximum absolute atomic E-state index is 3.50. The van der Waals surface area contributed by atoms with Gasteiger partial charge >= 0.3 is 0 Å². The van der Waals surface area contributed by atoms with Gasteiger partial charge < -0.3 is 9.88 Å². The molecule has 0 amide bonds. The van der Waals surface area contributed by atoms with Crippen molar-refractivity contribution in [3.05, 3.63) is 70.9 Å². The molecule has 1 aliphatic rings. The number of benzene rings is 2. The highest BCUT2D eigenvalue weighted by Crippen LogP contribution is 2.36. The number of para-hydroxylation sites is 1. The average Bonchev–Trinajstić information content (AvgIpc) is 2.90. The highest BCUT2D eigenvalue weighted by molar-refractivity contribution is 5.86. The Bertz CT molecular complexity index is 836. The number of hydrogen-bond donors (Lipinski definition) is 1. The van der Waals surface area contributed by atoms with Crippen molar-refractivity contribution in [2.75, 3.05) is 13.1 Å². The lowest BCUT2D eigenvalue weighted by Crippen LogP contribution is -2.26. The Balaban J connectivity index is 1.80. The third kappa shape index (κ3) is 2.76. The van der Waals surface area contributed by atoms with Gasteiger partial charge in [0, 0.05) is 23.1 Å². The van der Waals surface area contributed by atoms with Gasteiger partial charge in [0.15, 0.2) is 0 Å². The Labute approximate surface area is 144 Å². The highest BCUT2D eigenvalue weighted by Gasteiger charge is 2.23. The third-order valence-electron chi connectivity index (χ3n) is 5.49. The van der Waals surface area contributed by atoms with Crippen LogP contribution in [-0.2, 0) is 6.54 Å². The zero-order valence-electron chi connectivity index (χ0n) is 14.7. The van der Waals surface area contributed by atoms with Crippen LogP contribution >= 0.6 is 0 Å². The molecule has 124 valence electrons. The van der Waals surface area contributed by atoms with Crippen LogP contribution in [0.2, 0.25) is 0 Å². The van der Waals surface area contributed by atoms with Crippen LogP contribution < -0.4 is 5.32 Å². The fourth-order valence-electron chi connectivity index (χ4n) is 4.16. The van der Waals surface area contributed by atoms with Gasteiger partial charge in [0.1, 0.15) is 0 Å². The first-order valence-corrected chi connectivity index (χ1v) is 9.08. The number of hydrogen-bond acceptors (Lipinski definition) is 1. The number of nitrogens with one attached hydrogen (secondary N) is 1. The zero-order valence-corrected chi connectivity index (χ0v) is 14.7. The van der Waals surface area contributed by atoms with Crippen molar-refractivity contribution in [1.29, 1.82) is 0 Å². The van der Waals surface area contributed by atoms with Crippen molar-refractivity contribution in [2.24, 2.45) is 0 Å². The molecule has 0 atom stereocenters. The van der Waals surface area contributed by atoms with Gasteiger partial charge in [-0.05, 0) is 62.9 Å². The number of aromatic nitrogens is 1. The van der Waals surface area contributed by atoms with Crippen LogP contribution in [0.1, 0.15) is 41.1 Å². The first kappa shape index (κ1) is 15.5. The van der Waals surface area contributed by atoms with Gasteiger partial charge in [-0.1, -0.05) is 48.0 Å². The van der Waals surface area contributed by atoms with Crippen LogP contribution in [0.3, 0.4) is 0 Å². The summed E-state index contributed by atoms with van der Waals surface area (Å²) in [4.78, 5) is 0. The van der Waals surface area contributed by atoms with Crippen molar-refractivity contribution < 1.29 is 0 Å². The largest absolute Gasteiger partial charge is 0.340 e. The van der Waals surface area contributed by atoms with E-state index < -0.39 is 0 Å². The molecular weight excluding hydrogens is 292 g/mol. The number of piperidine rings is 1. The highest BCUT2D eigenvalue weighted by atomic mass is 15.0. The summed E-state index contributed by atoms with van der Waals surface area (Å²) < 4.78 is 2.51. The second-order valence-corrected chi connectivity index (χ2v) is 7.11. The van der Waals surface area contributed by atoms with E-state index in [0.717, 1.165) is 19.6 Å². The Morgan fingerprint density at radius 1 is 0.958 bits per heavy atom. The molecule has 2 nitrogen and oxygen atoms in total. The maximum atomic E-state index is 3.50. The average molecular weight is 318 g/mol. The number of fused-ring (bicyclic) bond motifs is 1. The molecule has 0 radical (unpaired) electrons. The van der Waals surface area contributed by atoms with Crippen LogP contribution in [-0.4, -0.2) is 17.7 Å². The lowest BCUT2D eigenvalue weighted by atomic mass is 9.88. The summed E-state index contributed by atoms with van der Waals surface area (Å²) in [7, 11) is 0. The SMILES string of the molecule is Cc1ccc(Cn2c(C)c(C3CCNCC3)c3ccccc32)cc1. The standard InChI is InChI=1S/C22H26N2/c1-16-7-9-18(10-8-16)15-24-17(2)22(19-11-13-23-14-12-19)20-5-3-4-6-21(20)24/h3-10,19,23H,11-15H2,1-2H3. The number of rotatable bonds is 3. The Kier molecular flexibility index (Phi) is 4.15. The van der Waals surface area contributed by atoms with E-state index in [1.54, 1.807) is 5.56 Å². The number of nitrogens with zero attached hydrogens (tertiary/aromatic N) is 1. The molecule has 0 bridgehead atoms. The van der Waals surface area contributed by atoms with E-state index in [4.69, 9.17) is 0 Å². The molecule has 1 fully saturated rings. The lowest BCUT2D eigenvalue weighted by molar-refractivity contribution is 0.460. The number of aryl methyl sites for hydroxylation is 1. The van der Waals surface area contributed by atoms with Gasteiger partial charge in [0.05, 0.1) is 0 Å². The van der Waals surface area contributed by atoms with E-state index in [1.165, 1.54) is 40.6 Å². The van der Waals surface area contributed by atoms with Gasteiger partial charge in [-0.25, -0.2) is 0 Å². The van der Waals surface area contributed by atoms with E-state index in [-0.39, 0.29) is 0 Å². The van der Waals surface area contributed by atoms with Crippen LogP contribution in [0.4, 0.5) is 0 Å². The monoisotopic (exact) mass is 318 g/mol. The van der Waals surface area contributed by atoms with Crippen LogP contribution in [0.5, 0.6) is 0 Å². The molecule has 0 aliphatic carbocycles. The van der Waals surface area contributed by atoms with Gasteiger partial charge in [0.2, 0.25) is 0 Å². The second-order valence-electron chi connectivity index (χ2n) is 7.11. The molecule has 0 unspecified atom stereocenters. The summed E-state index contributed by atoms with van der Waals surface area (Å²) in [5.74, 6) is 0.690. The Hall–Kier alpha value is -2.06. The van der Waals surface area contributed by atoms with Crippen molar-refractivity contribution >= 4 is 10.9 Å². The fraction of sp³-hybridized carbons (Fsp3) is 0.364. The topological polar surface area (TPSA) is 17.0 Å². The molecule has 0 saturated carbocycles. The van der Waals surface area contributed by atoms with Gasteiger partial charge in [-0.15, -0.1) is 0 Å². The molecule has 1 aliphatic heterocycles. The molecule has 0 spiro atoms. The molecule has 1 aromatic heterocycles. The minimum absolute atomic E-state index is 0.690. The lowest BCUT2D eigenvalue weighted by Gasteiger charge is -2.23. The van der Waals surface area contributed by atoms with E-state index >= 15 is 0 Å². The molecule has 4 rings (SSSR count). The summed E-state index contributed by atoms with van der Waals surface area (Å²) in [5, 5.41) is 4.95. The minimum atomic E-state index is 0.690. The summed E-state index contributed by atoms with van der Waals surface area (Å²) in [6.45, 7) is 7.70. The quantitative estimate of drug-likeness (QED) is 0.736. The molecule has 3 aromatic rings. The zero-order chi connectivity index (χ0) is 16.5. The third-order valence-corrected chi connectivity index (χ3v) is 5.49. The van der Waals surface area contributed by atoms with Crippen molar-refractivity contribution in [2.45, 2.75) is 39.2 Å². The predicted molar refractivity (Wildman–Crippen MR) is 102 cm³/mol. The summed E-state index contributed by atoms with van der Waals surface area (Å²) in [5.41, 5.74) is 7.11. The van der Waals surface area contributed by atoms with E-state index in [0.29, 0.717) is 5.92 Å². The Morgan fingerprint density at radius 3 is 2.42 bits per heavy atom. The van der Waals surface area contributed by atoms with Crippen molar-refractivity contribution in [1.82, 2.24) is 9.88 Å². The van der Waals surface area contributed by atoms with Gasteiger partial charge in [-0.3, -0.25) is 0 Å². The minimum Gasteiger partial charge on any atom is -0.340 e. The van der Waals surface area contributed by atoms with E-state index in [9.17, 15) is 0 Å². The molecule has 2 aromatic carbocycles. The summed E-state index contributed by atoms with van der Waals surface area (Å²) in [6.07, 6.45) is 2.50. The van der Waals surface area contributed by atoms with Crippen LogP contribution in [0, 0.1) is 13.8 Å². The first-order valence-electron chi connectivity index (χ1n) is 9.08. The van der Waals surface area contributed by atoms with Gasteiger partial charge in [-0.2, -0.15) is 0 Å². The van der Waals surface area contributed by atoms with Gasteiger partial charge in [0.25, 0.3) is 0 Å². The van der Waals surface area contributed by atoms with Crippen molar-refractivity contribution in [3.63, 3.8) is 0 Å². The summed E-state index contributed by atoms with van der Waals surface area (Å²) >= 11 is 0. The van der Waals surface area contributed by atoms with Crippen LogP contribution in [0.15, 0.2) is 48.5 Å². The normalized spacial score (nSPS) is 15.9. The Morgan fingerprint density at radius 2 is 1.67 bits per heavy atom. The molecular formula is C22H26N2. The molecule has 24 heavy (non-hydrogen) atoms.